The fraction of sp³-hybridized carbons (Fsp3) is 0.296. The second kappa shape index (κ2) is 8.58. The molecular formula is C27H28N4O. The first kappa shape index (κ1) is 20.4. The lowest BCUT2D eigenvalue weighted by Gasteiger charge is -2.36. The number of amides is 1. The van der Waals surface area contributed by atoms with Crippen molar-refractivity contribution in [1.29, 1.82) is 0 Å². The molecular weight excluding hydrogens is 396 g/mol. The molecule has 1 atom stereocenters. The van der Waals surface area contributed by atoms with Gasteiger partial charge in [0.15, 0.2) is 5.65 Å². The molecule has 0 saturated carbocycles. The summed E-state index contributed by atoms with van der Waals surface area (Å²) in [6.07, 6.45) is 5.01. The number of benzene rings is 2. The number of hydrogen-bond donors (Lipinski definition) is 0. The standard InChI is InChI=1S/C27H28N4O/c1-19-11-13-21(14-12-19)23-15-16-28-27-26(23)20(2)29-31(27)18-25(32)30-17-7-6-10-24(30)22-8-4-3-5-9-22/h3-5,8-9,11-16,24H,6-7,10,17-18H2,1-2H3. The van der Waals surface area contributed by atoms with Crippen LogP contribution in [0, 0.1) is 13.8 Å². The summed E-state index contributed by atoms with van der Waals surface area (Å²) < 4.78 is 1.78. The van der Waals surface area contributed by atoms with E-state index in [1.165, 1.54) is 11.1 Å². The number of aryl methyl sites for hydroxylation is 2. The Morgan fingerprint density at radius 3 is 2.56 bits per heavy atom. The van der Waals surface area contributed by atoms with Gasteiger partial charge >= 0.3 is 0 Å². The number of piperidine rings is 1. The van der Waals surface area contributed by atoms with E-state index in [4.69, 9.17) is 5.10 Å². The van der Waals surface area contributed by atoms with Crippen molar-refractivity contribution in [2.45, 2.75) is 45.7 Å². The van der Waals surface area contributed by atoms with Gasteiger partial charge in [-0.05, 0) is 55.9 Å². The molecule has 0 N–H and O–H groups in total. The Hall–Kier alpha value is -3.47. The highest BCUT2D eigenvalue weighted by Crippen LogP contribution is 2.32. The van der Waals surface area contributed by atoms with Gasteiger partial charge in [0, 0.05) is 18.1 Å². The lowest BCUT2D eigenvalue weighted by Crippen LogP contribution is -2.40. The summed E-state index contributed by atoms with van der Waals surface area (Å²) in [6.45, 7) is 5.08. The van der Waals surface area contributed by atoms with Crippen LogP contribution in [0.25, 0.3) is 22.2 Å². The summed E-state index contributed by atoms with van der Waals surface area (Å²) in [4.78, 5) is 20.1. The van der Waals surface area contributed by atoms with Crippen LogP contribution in [-0.4, -0.2) is 32.1 Å². The maximum atomic E-state index is 13.4. The topological polar surface area (TPSA) is 51.0 Å². The van der Waals surface area contributed by atoms with Crippen LogP contribution < -0.4 is 0 Å². The molecule has 5 nitrogen and oxygen atoms in total. The number of aromatic nitrogens is 3. The third-order valence-electron chi connectivity index (χ3n) is 6.46. The summed E-state index contributed by atoms with van der Waals surface area (Å²) in [5, 5.41) is 5.75. The van der Waals surface area contributed by atoms with E-state index in [1.54, 1.807) is 4.68 Å². The minimum atomic E-state index is 0.102. The van der Waals surface area contributed by atoms with Gasteiger partial charge in [0.1, 0.15) is 6.54 Å². The number of carbonyl (C=O) groups excluding carboxylic acids is 1. The van der Waals surface area contributed by atoms with Crippen LogP contribution in [0.1, 0.15) is 42.1 Å². The fourth-order valence-electron chi connectivity index (χ4n) is 4.84. The third-order valence-corrected chi connectivity index (χ3v) is 6.46. The number of carbonyl (C=O) groups is 1. The van der Waals surface area contributed by atoms with Crippen molar-refractivity contribution < 1.29 is 4.79 Å². The molecule has 1 saturated heterocycles. The van der Waals surface area contributed by atoms with Crippen molar-refractivity contribution in [3.8, 4) is 11.1 Å². The molecule has 2 aromatic carbocycles. The molecule has 4 aromatic rings. The minimum Gasteiger partial charge on any atom is -0.334 e. The Morgan fingerprint density at radius 2 is 1.78 bits per heavy atom. The molecule has 1 unspecified atom stereocenters. The Morgan fingerprint density at radius 1 is 1.00 bits per heavy atom. The monoisotopic (exact) mass is 424 g/mol. The van der Waals surface area contributed by atoms with Gasteiger partial charge < -0.3 is 4.90 Å². The Labute approximate surface area is 188 Å². The summed E-state index contributed by atoms with van der Waals surface area (Å²) in [6, 6.07) is 21.0. The lowest BCUT2D eigenvalue weighted by atomic mass is 9.95. The van der Waals surface area contributed by atoms with E-state index >= 15 is 0 Å². The Kier molecular flexibility index (Phi) is 5.48. The number of pyridine rings is 1. The van der Waals surface area contributed by atoms with Gasteiger partial charge in [0.25, 0.3) is 0 Å². The van der Waals surface area contributed by atoms with E-state index in [9.17, 15) is 4.79 Å². The van der Waals surface area contributed by atoms with E-state index in [0.29, 0.717) is 0 Å². The molecule has 2 aromatic heterocycles. The van der Waals surface area contributed by atoms with Gasteiger partial charge in [-0.2, -0.15) is 5.10 Å². The molecule has 5 heteroatoms. The number of likely N-dealkylation sites (tertiary alicyclic amines) is 1. The third kappa shape index (κ3) is 3.79. The predicted molar refractivity (Wildman–Crippen MR) is 127 cm³/mol. The normalized spacial score (nSPS) is 16.4. The molecule has 0 aliphatic carbocycles. The quantitative estimate of drug-likeness (QED) is 0.437. The number of fused-ring (bicyclic) bond motifs is 1. The van der Waals surface area contributed by atoms with Crippen molar-refractivity contribution in [3.05, 3.63) is 83.7 Å². The van der Waals surface area contributed by atoms with Crippen molar-refractivity contribution >= 4 is 16.9 Å². The number of rotatable bonds is 4. The average molecular weight is 425 g/mol. The zero-order valence-electron chi connectivity index (χ0n) is 18.7. The van der Waals surface area contributed by atoms with Crippen molar-refractivity contribution in [3.63, 3.8) is 0 Å². The molecule has 5 rings (SSSR count). The molecule has 0 spiro atoms. The molecule has 1 fully saturated rings. The van der Waals surface area contributed by atoms with Gasteiger partial charge in [-0.15, -0.1) is 0 Å². The van der Waals surface area contributed by atoms with Crippen LogP contribution in [0.3, 0.4) is 0 Å². The predicted octanol–water partition coefficient (Wildman–Crippen LogP) is 5.47. The smallest absolute Gasteiger partial charge is 0.244 e. The van der Waals surface area contributed by atoms with Crippen molar-refractivity contribution in [2.24, 2.45) is 0 Å². The largest absolute Gasteiger partial charge is 0.334 e. The van der Waals surface area contributed by atoms with Crippen LogP contribution in [0.15, 0.2) is 66.9 Å². The molecule has 32 heavy (non-hydrogen) atoms. The lowest BCUT2D eigenvalue weighted by molar-refractivity contribution is -0.135. The van der Waals surface area contributed by atoms with Crippen LogP contribution in [0.5, 0.6) is 0 Å². The van der Waals surface area contributed by atoms with Gasteiger partial charge in [0.05, 0.1) is 11.7 Å². The minimum absolute atomic E-state index is 0.102. The molecule has 3 heterocycles. The average Bonchev–Trinajstić information content (AvgIpc) is 3.15. The molecule has 162 valence electrons. The SMILES string of the molecule is Cc1ccc(-c2ccnc3c2c(C)nn3CC(=O)N2CCCCC2c2ccccc2)cc1. The van der Waals surface area contributed by atoms with E-state index in [0.717, 1.165) is 53.7 Å². The summed E-state index contributed by atoms with van der Waals surface area (Å²) in [5.41, 5.74) is 6.34. The zero-order chi connectivity index (χ0) is 22.1. The first-order valence-electron chi connectivity index (χ1n) is 11.4. The van der Waals surface area contributed by atoms with Crippen LogP contribution in [0.4, 0.5) is 0 Å². The first-order valence-corrected chi connectivity index (χ1v) is 11.4. The highest BCUT2D eigenvalue weighted by atomic mass is 16.2. The molecule has 1 aliphatic heterocycles. The maximum Gasteiger partial charge on any atom is 0.244 e. The second-order valence-electron chi connectivity index (χ2n) is 8.68. The van der Waals surface area contributed by atoms with Crippen LogP contribution >= 0.6 is 0 Å². The highest BCUT2D eigenvalue weighted by Gasteiger charge is 2.28. The fourth-order valence-corrected chi connectivity index (χ4v) is 4.84. The Balaban J connectivity index is 1.47. The summed E-state index contributed by atoms with van der Waals surface area (Å²) in [7, 11) is 0. The molecule has 1 aliphatic rings. The van der Waals surface area contributed by atoms with Crippen molar-refractivity contribution in [1.82, 2.24) is 19.7 Å². The molecule has 0 bridgehead atoms. The van der Waals surface area contributed by atoms with Crippen LogP contribution in [0.2, 0.25) is 0 Å². The molecule has 1 amide bonds. The van der Waals surface area contributed by atoms with Gasteiger partial charge in [-0.1, -0.05) is 60.2 Å². The maximum absolute atomic E-state index is 13.4. The van der Waals surface area contributed by atoms with E-state index in [-0.39, 0.29) is 18.5 Å². The van der Waals surface area contributed by atoms with Crippen molar-refractivity contribution in [2.75, 3.05) is 6.54 Å². The van der Waals surface area contributed by atoms with Gasteiger partial charge in [-0.3, -0.25) is 4.79 Å². The second-order valence-corrected chi connectivity index (χ2v) is 8.68. The van der Waals surface area contributed by atoms with E-state index in [1.807, 2.05) is 42.3 Å². The van der Waals surface area contributed by atoms with E-state index in [2.05, 4.69) is 48.3 Å². The number of hydrogen-bond acceptors (Lipinski definition) is 3. The molecule has 0 radical (unpaired) electrons. The van der Waals surface area contributed by atoms with Gasteiger partial charge in [0.2, 0.25) is 5.91 Å². The highest BCUT2D eigenvalue weighted by molar-refractivity contribution is 5.95. The Bertz CT molecular complexity index is 1240. The zero-order valence-corrected chi connectivity index (χ0v) is 18.7. The van der Waals surface area contributed by atoms with E-state index < -0.39 is 0 Å². The van der Waals surface area contributed by atoms with Gasteiger partial charge in [-0.25, -0.2) is 9.67 Å². The first-order chi connectivity index (χ1) is 15.6. The van der Waals surface area contributed by atoms with Crippen LogP contribution in [-0.2, 0) is 11.3 Å². The summed E-state index contributed by atoms with van der Waals surface area (Å²) in [5.74, 6) is 0.102. The number of nitrogens with zero attached hydrogens (tertiary/aromatic N) is 4. The summed E-state index contributed by atoms with van der Waals surface area (Å²) >= 11 is 0.